The summed E-state index contributed by atoms with van der Waals surface area (Å²) in [7, 11) is 0. The van der Waals surface area contributed by atoms with Crippen LogP contribution in [0.3, 0.4) is 0 Å². The van der Waals surface area contributed by atoms with Crippen molar-refractivity contribution in [2.45, 2.75) is 0 Å². The van der Waals surface area contributed by atoms with Gasteiger partial charge in [0, 0.05) is 21.9 Å². The molecule has 0 bridgehead atoms. The van der Waals surface area contributed by atoms with Crippen LogP contribution in [0.1, 0.15) is 0 Å². The molecular formula is C66H42N4. The van der Waals surface area contributed by atoms with Crippen LogP contribution >= 0.6 is 0 Å². The van der Waals surface area contributed by atoms with Crippen LogP contribution in [-0.2, 0) is 0 Å². The summed E-state index contributed by atoms with van der Waals surface area (Å²) in [5, 5.41) is 9.53. The number of rotatable bonds is 7. The molecule has 0 atom stereocenters. The molecule has 326 valence electrons. The van der Waals surface area contributed by atoms with Crippen LogP contribution in [0.25, 0.3) is 133 Å². The van der Waals surface area contributed by atoms with Crippen molar-refractivity contribution in [3.8, 4) is 67.5 Å². The number of aromatic nitrogens is 4. The molecule has 4 heteroatoms. The quantitative estimate of drug-likeness (QED) is 0.149. The van der Waals surface area contributed by atoms with Crippen molar-refractivity contribution in [1.82, 2.24) is 19.1 Å². The lowest BCUT2D eigenvalue weighted by atomic mass is 9.85. The van der Waals surface area contributed by atoms with Crippen LogP contribution < -0.4 is 0 Å². The van der Waals surface area contributed by atoms with Gasteiger partial charge in [-0.15, -0.1) is 0 Å². The first kappa shape index (κ1) is 39.8. The molecule has 0 saturated heterocycles. The van der Waals surface area contributed by atoms with Gasteiger partial charge in [0.25, 0.3) is 0 Å². The topological polar surface area (TPSA) is 35.6 Å². The van der Waals surface area contributed by atoms with Crippen LogP contribution in [0.5, 0.6) is 0 Å². The van der Waals surface area contributed by atoms with Crippen LogP contribution in [0.2, 0.25) is 0 Å². The molecule has 0 unspecified atom stereocenters. The first-order chi connectivity index (χ1) is 34.8. The van der Waals surface area contributed by atoms with Gasteiger partial charge in [-0.1, -0.05) is 212 Å². The second kappa shape index (κ2) is 16.2. The lowest BCUT2D eigenvalue weighted by molar-refractivity contribution is 1.11. The summed E-state index contributed by atoms with van der Waals surface area (Å²) in [6.07, 6.45) is 0. The molecule has 0 aliphatic carbocycles. The van der Waals surface area contributed by atoms with E-state index in [4.69, 9.17) is 9.97 Å². The van der Waals surface area contributed by atoms with Crippen molar-refractivity contribution in [3.05, 3.63) is 255 Å². The van der Waals surface area contributed by atoms with Crippen LogP contribution in [0, 0.1) is 0 Å². The number of fused-ring (bicyclic) bond motifs is 6. The van der Waals surface area contributed by atoms with E-state index in [1.807, 2.05) is 0 Å². The molecule has 0 radical (unpaired) electrons. The molecular weight excluding hydrogens is 849 g/mol. The normalized spacial score (nSPS) is 11.7. The van der Waals surface area contributed by atoms with E-state index in [1.165, 1.54) is 65.7 Å². The van der Waals surface area contributed by atoms with Crippen LogP contribution in [0.15, 0.2) is 255 Å². The Kier molecular flexibility index (Phi) is 9.17. The molecule has 2 aromatic heterocycles. The fourth-order valence-electron chi connectivity index (χ4n) is 11.1. The van der Waals surface area contributed by atoms with Crippen LogP contribution in [-0.4, -0.2) is 19.1 Å². The Morgan fingerprint density at radius 3 is 1.06 bits per heavy atom. The molecule has 12 aromatic carbocycles. The van der Waals surface area contributed by atoms with Crippen molar-refractivity contribution in [2.75, 3.05) is 0 Å². The third kappa shape index (κ3) is 6.24. The van der Waals surface area contributed by atoms with Crippen molar-refractivity contribution in [2.24, 2.45) is 0 Å². The molecule has 0 saturated carbocycles. The summed E-state index contributed by atoms with van der Waals surface area (Å²) in [5.74, 6) is 1.85. The Balaban J connectivity index is 1.02. The van der Waals surface area contributed by atoms with Gasteiger partial charge in [-0.2, -0.15) is 0 Å². The van der Waals surface area contributed by atoms with E-state index in [-0.39, 0.29) is 0 Å². The lowest BCUT2D eigenvalue weighted by Gasteiger charge is -2.20. The summed E-state index contributed by atoms with van der Waals surface area (Å²) in [6, 6.07) is 91.9. The molecule has 70 heavy (non-hydrogen) atoms. The van der Waals surface area contributed by atoms with Gasteiger partial charge in [-0.25, -0.2) is 9.97 Å². The van der Waals surface area contributed by atoms with E-state index in [0.717, 1.165) is 67.0 Å². The Morgan fingerprint density at radius 2 is 0.600 bits per heavy atom. The third-order valence-corrected chi connectivity index (χ3v) is 14.2. The van der Waals surface area contributed by atoms with Gasteiger partial charge in [-0.3, -0.25) is 9.13 Å². The highest BCUT2D eigenvalue weighted by atomic mass is 15.1. The maximum atomic E-state index is 5.21. The van der Waals surface area contributed by atoms with Gasteiger partial charge >= 0.3 is 0 Å². The molecule has 14 rings (SSSR count). The van der Waals surface area contributed by atoms with E-state index < -0.39 is 0 Å². The maximum absolute atomic E-state index is 5.21. The molecule has 0 aliphatic rings. The zero-order valence-corrected chi connectivity index (χ0v) is 38.0. The smallest absolute Gasteiger partial charge is 0.145 e. The number of nitrogens with zero attached hydrogens (tertiary/aromatic N) is 4. The van der Waals surface area contributed by atoms with Gasteiger partial charge in [0.15, 0.2) is 0 Å². The van der Waals surface area contributed by atoms with Crippen molar-refractivity contribution in [3.63, 3.8) is 0 Å². The number of para-hydroxylation sites is 4. The van der Waals surface area contributed by atoms with Gasteiger partial charge in [0.1, 0.15) is 11.6 Å². The highest BCUT2D eigenvalue weighted by Crippen LogP contribution is 2.47. The minimum absolute atomic E-state index is 0.923. The second-order valence-electron chi connectivity index (χ2n) is 18.0. The second-order valence-corrected chi connectivity index (χ2v) is 18.0. The predicted molar refractivity (Wildman–Crippen MR) is 293 cm³/mol. The summed E-state index contributed by atoms with van der Waals surface area (Å²) in [6.45, 7) is 0. The first-order valence-electron chi connectivity index (χ1n) is 23.9. The minimum atomic E-state index is 0.923. The number of imidazole rings is 2. The fourth-order valence-corrected chi connectivity index (χ4v) is 11.1. The SMILES string of the molecule is c1ccc(-c2c3cccc(-c4ccc(-n5c(-c6ccccc6)nc6ccccc65)c5ccccc45)c3cc3c(-c4ccc(-n5c(-c6ccccc6)nc6ccccc65)c5ccccc45)cccc23)cc1. The Bertz CT molecular complexity index is 4080. The largest absolute Gasteiger partial charge is 0.292 e. The average molecular weight is 891 g/mol. The average Bonchev–Trinajstić information content (AvgIpc) is 4.02. The Morgan fingerprint density at radius 1 is 0.243 bits per heavy atom. The highest BCUT2D eigenvalue weighted by Gasteiger charge is 2.22. The van der Waals surface area contributed by atoms with E-state index in [1.54, 1.807) is 0 Å². The lowest BCUT2D eigenvalue weighted by Crippen LogP contribution is -2.00. The van der Waals surface area contributed by atoms with Crippen molar-refractivity contribution in [1.29, 1.82) is 0 Å². The predicted octanol–water partition coefficient (Wildman–Crippen LogP) is 17.3. The molecule has 4 nitrogen and oxygen atoms in total. The molecule has 0 N–H and O–H groups in total. The molecule has 0 amide bonds. The van der Waals surface area contributed by atoms with E-state index >= 15 is 0 Å². The third-order valence-electron chi connectivity index (χ3n) is 14.2. The number of benzene rings is 12. The highest BCUT2D eigenvalue weighted by molar-refractivity contribution is 6.21. The fraction of sp³-hybridized carbons (Fsp3) is 0. The molecule has 14 aromatic rings. The van der Waals surface area contributed by atoms with Crippen molar-refractivity contribution < 1.29 is 0 Å². The van der Waals surface area contributed by atoms with E-state index in [9.17, 15) is 0 Å². The molecule has 2 heterocycles. The minimum Gasteiger partial charge on any atom is -0.292 e. The number of hydrogen-bond donors (Lipinski definition) is 0. The summed E-state index contributed by atoms with van der Waals surface area (Å²) in [4.78, 5) is 10.4. The van der Waals surface area contributed by atoms with E-state index in [2.05, 4.69) is 264 Å². The summed E-state index contributed by atoms with van der Waals surface area (Å²) >= 11 is 0. The van der Waals surface area contributed by atoms with Gasteiger partial charge in [0.05, 0.1) is 33.4 Å². The van der Waals surface area contributed by atoms with Crippen molar-refractivity contribution >= 4 is 65.2 Å². The maximum Gasteiger partial charge on any atom is 0.145 e. The molecule has 0 aliphatic heterocycles. The summed E-state index contributed by atoms with van der Waals surface area (Å²) in [5.41, 5.74) is 15.6. The van der Waals surface area contributed by atoms with Gasteiger partial charge in [-0.05, 0) is 108 Å². The standard InChI is InChI=1S/C66H42N4/c1-4-20-43(21-5-1)64-54-32-18-30-48(50-38-40-60(52-28-12-10-26-46(50)52)69-62-36-16-14-34-58(62)67-65(69)44-22-6-2-7-23-44)56(54)42-57-49(31-19-33-55(57)64)51-39-41-61(53-29-13-11-27-47(51)53)70-63-37-17-15-35-59(63)68-66(70)45-24-8-3-9-25-45/h1-42H. The zero-order valence-electron chi connectivity index (χ0n) is 38.0. The monoisotopic (exact) mass is 890 g/mol. The van der Waals surface area contributed by atoms with Gasteiger partial charge < -0.3 is 0 Å². The Hall–Kier alpha value is -9.38. The zero-order chi connectivity index (χ0) is 46.1. The summed E-state index contributed by atoms with van der Waals surface area (Å²) < 4.78 is 4.67. The first-order valence-corrected chi connectivity index (χ1v) is 23.9. The van der Waals surface area contributed by atoms with E-state index in [0.29, 0.717) is 0 Å². The number of hydrogen-bond acceptors (Lipinski definition) is 2. The van der Waals surface area contributed by atoms with Crippen LogP contribution in [0.4, 0.5) is 0 Å². The Labute approximate surface area is 404 Å². The van der Waals surface area contributed by atoms with Gasteiger partial charge in [0.2, 0.25) is 0 Å². The molecule has 0 spiro atoms. The molecule has 0 fully saturated rings.